The van der Waals surface area contributed by atoms with Gasteiger partial charge in [0.2, 0.25) is 0 Å². The minimum atomic E-state index is 0.0833. The van der Waals surface area contributed by atoms with Gasteiger partial charge < -0.3 is 10.1 Å². The van der Waals surface area contributed by atoms with Crippen molar-refractivity contribution in [3.63, 3.8) is 0 Å². The van der Waals surface area contributed by atoms with E-state index >= 15 is 0 Å². The second-order valence-corrected chi connectivity index (χ2v) is 6.31. The van der Waals surface area contributed by atoms with Crippen molar-refractivity contribution in [2.45, 2.75) is 59.6 Å². The molecule has 1 heterocycles. The van der Waals surface area contributed by atoms with Crippen LogP contribution < -0.4 is 5.32 Å². The summed E-state index contributed by atoms with van der Waals surface area (Å²) in [4.78, 5) is 4.34. The largest absolute Gasteiger partial charge is 0.376 e. The summed E-state index contributed by atoms with van der Waals surface area (Å²) in [6.07, 6.45) is 3.70. The van der Waals surface area contributed by atoms with Crippen molar-refractivity contribution >= 4 is 0 Å². The molecule has 1 rings (SSSR count). The van der Waals surface area contributed by atoms with E-state index in [0.717, 1.165) is 31.8 Å². The Hall–Kier alpha value is -0.940. The molecule has 2 unspecified atom stereocenters. The first kappa shape index (κ1) is 17.1. The van der Waals surface area contributed by atoms with E-state index < -0.39 is 0 Å². The molecule has 0 radical (unpaired) electrons. The molecule has 0 aliphatic heterocycles. The van der Waals surface area contributed by atoms with Crippen molar-refractivity contribution < 1.29 is 4.74 Å². The number of hydrogen-bond acceptors (Lipinski definition) is 4. The fourth-order valence-corrected chi connectivity index (χ4v) is 2.47. The van der Waals surface area contributed by atoms with Crippen LogP contribution in [0.5, 0.6) is 0 Å². The Kier molecular flexibility index (Phi) is 6.62. The topological polar surface area (TPSA) is 52.0 Å². The maximum absolute atomic E-state index is 6.03. The zero-order valence-electron chi connectivity index (χ0n) is 13.8. The monoisotopic (exact) mass is 282 g/mol. The van der Waals surface area contributed by atoms with Crippen LogP contribution in [0.15, 0.2) is 6.33 Å². The predicted octanol–water partition coefficient (Wildman–Crippen LogP) is 2.18. The summed E-state index contributed by atoms with van der Waals surface area (Å²) in [5.41, 5.74) is 0.0833. The normalized spacial score (nSPS) is 15.3. The van der Waals surface area contributed by atoms with Crippen molar-refractivity contribution in [1.82, 2.24) is 20.1 Å². The van der Waals surface area contributed by atoms with Crippen LogP contribution in [0.4, 0.5) is 0 Å². The standard InChI is InChI=1S/C15H30N4O/c1-7-9-16-12(10-13-17-11-18-19(13)6)14(20-8-2)15(3,4)5/h11-12,14,16H,7-10H2,1-6H3. The molecule has 1 aromatic heterocycles. The van der Waals surface area contributed by atoms with E-state index in [-0.39, 0.29) is 17.6 Å². The molecule has 0 spiro atoms. The molecule has 2 atom stereocenters. The average molecular weight is 282 g/mol. The lowest BCUT2D eigenvalue weighted by molar-refractivity contribution is -0.0360. The Bertz CT molecular complexity index is 383. The molecule has 0 saturated carbocycles. The molecule has 0 saturated heterocycles. The zero-order chi connectivity index (χ0) is 15.2. The van der Waals surface area contributed by atoms with Crippen LogP contribution in [0.3, 0.4) is 0 Å². The summed E-state index contributed by atoms with van der Waals surface area (Å²) in [5.74, 6) is 0.993. The minimum Gasteiger partial charge on any atom is -0.376 e. The zero-order valence-corrected chi connectivity index (χ0v) is 13.8. The average Bonchev–Trinajstić information content (AvgIpc) is 2.76. The molecule has 5 nitrogen and oxygen atoms in total. The first-order valence-corrected chi connectivity index (χ1v) is 7.58. The molecule has 20 heavy (non-hydrogen) atoms. The Morgan fingerprint density at radius 1 is 1.35 bits per heavy atom. The van der Waals surface area contributed by atoms with Gasteiger partial charge in [-0.3, -0.25) is 4.68 Å². The van der Waals surface area contributed by atoms with E-state index in [4.69, 9.17) is 4.74 Å². The molecule has 0 aromatic carbocycles. The van der Waals surface area contributed by atoms with Gasteiger partial charge in [0, 0.05) is 26.1 Å². The number of nitrogens with zero attached hydrogens (tertiary/aromatic N) is 3. The number of nitrogens with one attached hydrogen (secondary N) is 1. The van der Waals surface area contributed by atoms with Gasteiger partial charge in [0.05, 0.1) is 6.10 Å². The number of aromatic nitrogens is 3. The van der Waals surface area contributed by atoms with E-state index in [1.54, 1.807) is 6.33 Å². The van der Waals surface area contributed by atoms with Gasteiger partial charge >= 0.3 is 0 Å². The van der Waals surface area contributed by atoms with Crippen LogP contribution in [-0.2, 0) is 18.2 Å². The molecular formula is C15H30N4O. The van der Waals surface area contributed by atoms with Crippen molar-refractivity contribution in [1.29, 1.82) is 0 Å². The molecule has 1 N–H and O–H groups in total. The highest BCUT2D eigenvalue weighted by molar-refractivity contribution is 4.95. The Labute approximate surface area is 123 Å². The van der Waals surface area contributed by atoms with Crippen molar-refractivity contribution in [3.8, 4) is 0 Å². The van der Waals surface area contributed by atoms with Crippen LogP contribution in [0.1, 0.15) is 46.9 Å². The molecule has 1 aromatic rings. The third-order valence-corrected chi connectivity index (χ3v) is 3.43. The molecule has 0 fully saturated rings. The van der Waals surface area contributed by atoms with E-state index in [2.05, 4.69) is 50.0 Å². The van der Waals surface area contributed by atoms with E-state index in [0.29, 0.717) is 0 Å². The number of hydrogen-bond donors (Lipinski definition) is 1. The fourth-order valence-electron chi connectivity index (χ4n) is 2.47. The highest BCUT2D eigenvalue weighted by atomic mass is 16.5. The van der Waals surface area contributed by atoms with Crippen LogP contribution in [0, 0.1) is 5.41 Å². The van der Waals surface area contributed by atoms with Crippen molar-refractivity contribution in [2.75, 3.05) is 13.2 Å². The lowest BCUT2D eigenvalue weighted by Gasteiger charge is -2.37. The number of aryl methyl sites for hydroxylation is 1. The molecule has 0 aliphatic carbocycles. The Morgan fingerprint density at radius 3 is 2.50 bits per heavy atom. The van der Waals surface area contributed by atoms with Gasteiger partial charge in [-0.1, -0.05) is 27.7 Å². The van der Waals surface area contributed by atoms with Gasteiger partial charge in [-0.15, -0.1) is 0 Å². The molecular weight excluding hydrogens is 252 g/mol. The van der Waals surface area contributed by atoms with E-state index in [9.17, 15) is 0 Å². The highest BCUT2D eigenvalue weighted by Crippen LogP contribution is 2.26. The number of rotatable bonds is 8. The Balaban J connectivity index is 2.87. The van der Waals surface area contributed by atoms with Crippen LogP contribution >= 0.6 is 0 Å². The quantitative estimate of drug-likeness (QED) is 0.794. The molecule has 5 heteroatoms. The van der Waals surface area contributed by atoms with Gasteiger partial charge in [-0.05, 0) is 25.3 Å². The summed E-state index contributed by atoms with van der Waals surface area (Å²) in [6.45, 7) is 12.6. The lowest BCUT2D eigenvalue weighted by Crippen LogP contribution is -2.50. The van der Waals surface area contributed by atoms with Crippen LogP contribution in [0.2, 0.25) is 0 Å². The third-order valence-electron chi connectivity index (χ3n) is 3.43. The van der Waals surface area contributed by atoms with Crippen LogP contribution in [-0.4, -0.2) is 40.1 Å². The number of ether oxygens (including phenoxy) is 1. The van der Waals surface area contributed by atoms with Gasteiger partial charge in [0.25, 0.3) is 0 Å². The van der Waals surface area contributed by atoms with Gasteiger partial charge in [-0.25, -0.2) is 4.98 Å². The highest BCUT2D eigenvalue weighted by Gasteiger charge is 2.33. The second-order valence-electron chi connectivity index (χ2n) is 6.31. The molecule has 0 aliphatic rings. The van der Waals surface area contributed by atoms with E-state index in [1.165, 1.54) is 0 Å². The van der Waals surface area contributed by atoms with Gasteiger partial charge in [0.1, 0.15) is 12.2 Å². The molecule has 0 bridgehead atoms. The SMILES string of the molecule is CCCNC(Cc1ncnn1C)C(OCC)C(C)(C)C. The first-order valence-electron chi connectivity index (χ1n) is 7.58. The van der Waals surface area contributed by atoms with Crippen molar-refractivity contribution in [3.05, 3.63) is 12.2 Å². The van der Waals surface area contributed by atoms with Gasteiger partial charge in [0.15, 0.2) is 0 Å². The van der Waals surface area contributed by atoms with Crippen molar-refractivity contribution in [2.24, 2.45) is 12.5 Å². The third kappa shape index (κ3) is 4.87. The Morgan fingerprint density at radius 2 is 2.05 bits per heavy atom. The summed E-state index contributed by atoms with van der Waals surface area (Å²) in [6, 6.07) is 0.248. The smallest absolute Gasteiger partial charge is 0.138 e. The second kappa shape index (κ2) is 7.74. The fraction of sp³-hybridized carbons (Fsp3) is 0.867. The predicted molar refractivity (Wildman–Crippen MR) is 81.7 cm³/mol. The summed E-state index contributed by atoms with van der Waals surface area (Å²) >= 11 is 0. The summed E-state index contributed by atoms with van der Waals surface area (Å²) in [7, 11) is 1.94. The minimum absolute atomic E-state index is 0.0833. The first-order chi connectivity index (χ1) is 9.40. The van der Waals surface area contributed by atoms with Crippen LogP contribution in [0.25, 0.3) is 0 Å². The summed E-state index contributed by atoms with van der Waals surface area (Å²) < 4.78 is 7.87. The van der Waals surface area contributed by atoms with E-state index in [1.807, 2.05) is 11.7 Å². The lowest BCUT2D eigenvalue weighted by atomic mass is 9.83. The molecule has 0 amide bonds. The summed E-state index contributed by atoms with van der Waals surface area (Å²) in [5, 5.41) is 7.77. The maximum Gasteiger partial charge on any atom is 0.138 e. The molecule has 116 valence electrons. The maximum atomic E-state index is 6.03. The van der Waals surface area contributed by atoms with Gasteiger partial charge in [-0.2, -0.15) is 5.10 Å².